The molecule has 0 aromatic carbocycles. The number of alkyl halides is 1. The summed E-state index contributed by atoms with van der Waals surface area (Å²) in [5, 5.41) is 3.52. The molecule has 0 saturated heterocycles. The minimum absolute atomic E-state index is 0.184. The van der Waals surface area contributed by atoms with E-state index in [1.165, 1.54) is 12.8 Å². The molecule has 0 spiro atoms. The standard InChI is InChI=1S/C13H22ClNO/c1-15-13(9-5-4-8-12(13)16)10-6-2-3-7-11(10)14/h10-11,15H,2-9H2,1H3. The van der Waals surface area contributed by atoms with Gasteiger partial charge < -0.3 is 5.32 Å². The lowest BCUT2D eigenvalue weighted by Gasteiger charge is -2.45. The van der Waals surface area contributed by atoms with E-state index in [9.17, 15) is 4.79 Å². The largest absolute Gasteiger partial charge is 0.308 e. The second kappa shape index (κ2) is 5.05. The van der Waals surface area contributed by atoms with Crippen molar-refractivity contribution in [2.24, 2.45) is 5.92 Å². The van der Waals surface area contributed by atoms with Crippen LogP contribution < -0.4 is 5.32 Å². The van der Waals surface area contributed by atoms with Gasteiger partial charge in [0.2, 0.25) is 0 Å². The van der Waals surface area contributed by atoms with Gasteiger partial charge in [0.15, 0.2) is 5.78 Å². The van der Waals surface area contributed by atoms with Crippen LogP contribution in [0.2, 0.25) is 0 Å². The first-order valence-electron chi connectivity index (χ1n) is 6.57. The predicted octanol–water partition coefficient (Wildman–Crippen LogP) is 2.89. The van der Waals surface area contributed by atoms with Gasteiger partial charge >= 0.3 is 0 Å². The molecule has 0 aliphatic heterocycles. The molecule has 2 aliphatic carbocycles. The fraction of sp³-hybridized carbons (Fsp3) is 0.923. The number of nitrogens with one attached hydrogen (secondary N) is 1. The zero-order valence-electron chi connectivity index (χ0n) is 10.1. The predicted molar refractivity (Wildman–Crippen MR) is 66.9 cm³/mol. The summed E-state index contributed by atoms with van der Waals surface area (Å²) in [6.07, 6.45) is 8.57. The number of carbonyl (C=O) groups excluding carboxylic acids is 1. The van der Waals surface area contributed by atoms with Gasteiger partial charge in [0.05, 0.1) is 5.54 Å². The average molecular weight is 244 g/mol. The molecule has 3 unspecified atom stereocenters. The summed E-state index contributed by atoms with van der Waals surface area (Å²) in [5.41, 5.74) is -0.301. The number of ketones is 1. The Morgan fingerprint density at radius 3 is 2.62 bits per heavy atom. The van der Waals surface area contributed by atoms with E-state index in [1.807, 2.05) is 7.05 Å². The number of rotatable bonds is 2. The number of Topliss-reactive ketones (excluding diaryl/α,β-unsaturated/α-hetero) is 1. The van der Waals surface area contributed by atoms with Gasteiger partial charge in [-0.1, -0.05) is 19.3 Å². The number of likely N-dealkylation sites (N-methyl/N-ethyl adjacent to an activating group) is 1. The van der Waals surface area contributed by atoms with Crippen molar-refractivity contribution in [3.8, 4) is 0 Å². The molecular weight excluding hydrogens is 222 g/mol. The zero-order valence-corrected chi connectivity index (χ0v) is 10.9. The van der Waals surface area contributed by atoms with Crippen molar-refractivity contribution >= 4 is 17.4 Å². The molecule has 0 heterocycles. The first kappa shape index (κ1) is 12.4. The molecule has 3 heteroatoms. The molecule has 1 N–H and O–H groups in total. The van der Waals surface area contributed by atoms with Crippen LogP contribution in [0.25, 0.3) is 0 Å². The lowest BCUT2D eigenvalue weighted by Crippen LogP contribution is -2.60. The molecule has 92 valence electrons. The average Bonchev–Trinajstić information content (AvgIpc) is 2.31. The molecule has 0 aromatic rings. The van der Waals surface area contributed by atoms with E-state index in [2.05, 4.69) is 5.32 Å². The quantitative estimate of drug-likeness (QED) is 0.756. The van der Waals surface area contributed by atoms with Gasteiger partial charge in [0.25, 0.3) is 0 Å². The molecule has 0 radical (unpaired) electrons. The molecule has 2 fully saturated rings. The monoisotopic (exact) mass is 243 g/mol. The zero-order chi connectivity index (χ0) is 11.6. The van der Waals surface area contributed by atoms with Crippen LogP contribution >= 0.6 is 11.6 Å². The Kier molecular flexibility index (Phi) is 3.91. The highest BCUT2D eigenvalue weighted by molar-refractivity contribution is 6.21. The fourth-order valence-electron chi connectivity index (χ4n) is 3.53. The summed E-state index contributed by atoms with van der Waals surface area (Å²) in [6.45, 7) is 0. The SMILES string of the molecule is CNC1(C2CCCCC2Cl)CCCCC1=O. The molecule has 3 atom stereocenters. The summed E-state index contributed by atoms with van der Waals surface area (Å²) < 4.78 is 0. The first-order chi connectivity index (χ1) is 7.70. The lowest BCUT2D eigenvalue weighted by molar-refractivity contribution is -0.130. The molecule has 2 nitrogen and oxygen atoms in total. The van der Waals surface area contributed by atoms with Crippen LogP contribution in [0.15, 0.2) is 0 Å². The van der Waals surface area contributed by atoms with Crippen molar-refractivity contribution in [3.63, 3.8) is 0 Å². The summed E-state index contributed by atoms with van der Waals surface area (Å²) in [4.78, 5) is 12.3. The highest BCUT2D eigenvalue weighted by Gasteiger charge is 2.48. The van der Waals surface area contributed by atoms with E-state index >= 15 is 0 Å². The smallest absolute Gasteiger partial charge is 0.153 e. The number of halogens is 1. The third-order valence-electron chi connectivity index (χ3n) is 4.48. The van der Waals surface area contributed by atoms with Crippen molar-refractivity contribution in [3.05, 3.63) is 0 Å². The summed E-state index contributed by atoms with van der Waals surface area (Å²) in [7, 11) is 1.93. The van der Waals surface area contributed by atoms with E-state index < -0.39 is 0 Å². The third-order valence-corrected chi connectivity index (χ3v) is 5.01. The van der Waals surface area contributed by atoms with Gasteiger partial charge in [-0.2, -0.15) is 0 Å². The highest BCUT2D eigenvalue weighted by Crippen LogP contribution is 2.41. The maximum atomic E-state index is 12.3. The van der Waals surface area contributed by atoms with Crippen LogP contribution in [0, 0.1) is 5.92 Å². The van der Waals surface area contributed by atoms with E-state index in [0.717, 1.165) is 38.5 Å². The molecule has 2 aliphatic rings. The van der Waals surface area contributed by atoms with E-state index in [0.29, 0.717) is 11.7 Å². The minimum atomic E-state index is -0.301. The Labute approximate surface area is 103 Å². The molecule has 16 heavy (non-hydrogen) atoms. The van der Waals surface area contributed by atoms with E-state index in [-0.39, 0.29) is 10.9 Å². The van der Waals surface area contributed by atoms with E-state index in [1.54, 1.807) is 0 Å². The summed E-state index contributed by atoms with van der Waals surface area (Å²) in [6, 6.07) is 0. The molecule has 0 aromatic heterocycles. The van der Waals surface area contributed by atoms with Crippen molar-refractivity contribution in [1.29, 1.82) is 0 Å². The normalized spacial score (nSPS) is 41.0. The topological polar surface area (TPSA) is 29.1 Å². The van der Waals surface area contributed by atoms with Gasteiger partial charge in [0.1, 0.15) is 0 Å². The fourth-order valence-corrected chi connectivity index (χ4v) is 4.03. The minimum Gasteiger partial charge on any atom is -0.308 e. The summed E-state index contributed by atoms with van der Waals surface area (Å²) in [5.74, 6) is 0.750. The second-order valence-corrected chi connectivity index (χ2v) is 5.82. The molecule has 0 bridgehead atoms. The number of hydrogen-bond acceptors (Lipinski definition) is 2. The van der Waals surface area contributed by atoms with Gasteiger partial charge in [0, 0.05) is 17.7 Å². The van der Waals surface area contributed by atoms with Gasteiger partial charge in [-0.15, -0.1) is 11.6 Å². The Balaban J connectivity index is 2.21. The summed E-state index contributed by atoms with van der Waals surface area (Å²) >= 11 is 6.46. The Bertz CT molecular complexity index is 269. The maximum Gasteiger partial charge on any atom is 0.153 e. The number of carbonyl (C=O) groups is 1. The van der Waals surface area contributed by atoms with Gasteiger partial charge in [-0.25, -0.2) is 0 Å². The van der Waals surface area contributed by atoms with Gasteiger partial charge in [-0.05, 0) is 32.7 Å². The van der Waals surface area contributed by atoms with Crippen molar-refractivity contribution in [2.45, 2.75) is 62.3 Å². The second-order valence-electron chi connectivity index (χ2n) is 5.26. The number of hydrogen-bond donors (Lipinski definition) is 1. The molecule has 2 saturated carbocycles. The van der Waals surface area contributed by atoms with E-state index in [4.69, 9.17) is 11.6 Å². The Hall–Kier alpha value is -0.0800. The van der Waals surface area contributed by atoms with Crippen LogP contribution in [0.4, 0.5) is 0 Å². The maximum absolute atomic E-state index is 12.3. The highest BCUT2D eigenvalue weighted by atomic mass is 35.5. The third kappa shape index (κ3) is 2.02. The first-order valence-corrected chi connectivity index (χ1v) is 7.00. The Morgan fingerprint density at radius 2 is 2.00 bits per heavy atom. The van der Waals surface area contributed by atoms with Crippen molar-refractivity contribution in [1.82, 2.24) is 5.32 Å². The van der Waals surface area contributed by atoms with Crippen LogP contribution in [0.1, 0.15) is 51.4 Å². The van der Waals surface area contributed by atoms with Crippen LogP contribution in [-0.2, 0) is 4.79 Å². The molecule has 0 amide bonds. The van der Waals surface area contributed by atoms with Crippen molar-refractivity contribution < 1.29 is 4.79 Å². The Morgan fingerprint density at radius 1 is 1.25 bits per heavy atom. The van der Waals surface area contributed by atoms with Gasteiger partial charge in [-0.3, -0.25) is 4.79 Å². The van der Waals surface area contributed by atoms with Crippen LogP contribution in [-0.4, -0.2) is 23.7 Å². The van der Waals surface area contributed by atoms with Crippen molar-refractivity contribution in [2.75, 3.05) is 7.05 Å². The molecule has 2 rings (SSSR count). The molecular formula is C13H22ClNO. The van der Waals surface area contributed by atoms with Crippen LogP contribution in [0.5, 0.6) is 0 Å². The van der Waals surface area contributed by atoms with Crippen LogP contribution in [0.3, 0.4) is 0 Å². The lowest BCUT2D eigenvalue weighted by atomic mass is 9.66.